The van der Waals surface area contributed by atoms with Gasteiger partial charge in [0.25, 0.3) is 0 Å². The number of carboxylic acid groups (broad SMARTS) is 1. The van der Waals surface area contributed by atoms with Gasteiger partial charge in [0.2, 0.25) is 5.89 Å². The number of benzene rings is 1. The van der Waals surface area contributed by atoms with Crippen LogP contribution in [0.3, 0.4) is 0 Å². The zero-order chi connectivity index (χ0) is 19.0. The number of imidazole rings is 1. The summed E-state index contributed by atoms with van der Waals surface area (Å²) in [6.07, 6.45) is 2.74. The maximum absolute atomic E-state index is 13.0. The van der Waals surface area contributed by atoms with Crippen molar-refractivity contribution in [1.29, 1.82) is 0 Å². The van der Waals surface area contributed by atoms with Crippen LogP contribution in [-0.4, -0.2) is 44.1 Å². The van der Waals surface area contributed by atoms with E-state index in [0.29, 0.717) is 42.7 Å². The van der Waals surface area contributed by atoms with Crippen LogP contribution >= 0.6 is 0 Å². The lowest BCUT2D eigenvalue weighted by atomic mass is 10.2. The van der Waals surface area contributed by atoms with Gasteiger partial charge in [-0.2, -0.15) is 4.98 Å². The third-order valence-corrected chi connectivity index (χ3v) is 4.74. The van der Waals surface area contributed by atoms with E-state index in [9.17, 15) is 14.7 Å². The summed E-state index contributed by atoms with van der Waals surface area (Å²) in [5.41, 5.74) is 1.20. The van der Waals surface area contributed by atoms with Crippen LogP contribution in [0.15, 0.2) is 27.5 Å². The van der Waals surface area contributed by atoms with Crippen LogP contribution in [0.5, 0.6) is 0 Å². The van der Waals surface area contributed by atoms with E-state index < -0.39 is 5.97 Å². The molecule has 1 aromatic carbocycles. The fraction of sp³-hybridized carbons (Fsp3) is 0.444. The van der Waals surface area contributed by atoms with Crippen molar-refractivity contribution in [3.63, 3.8) is 0 Å². The van der Waals surface area contributed by atoms with Crippen LogP contribution in [0.1, 0.15) is 34.9 Å². The normalized spacial score (nSPS) is 14.1. The van der Waals surface area contributed by atoms with Crippen molar-refractivity contribution in [2.45, 2.75) is 32.4 Å². The summed E-state index contributed by atoms with van der Waals surface area (Å²) in [6.45, 7) is 1.20. The Morgan fingerprint density at radius 2 is 2.15 bits per heavy atom. The molecule has 0 aliphatic heterocycles. The van der Waals surface area contributed by atoms with E-state index in [1.807, 2.05) is 0 Å². The molecule has 2 heterocycles. The second-order valence-corrected chi connectivity index (χ2v) is 6.78. The summed E-state index contributed by atoms with van der Waals surface area (Å²) in [5.74, 6) is 0.276. The average Bonchev–Trinajstić information content (AvgIpc) is 3.31. The van der Waals surface area contributed by atoms with Crippen molar-refractivity contribution in [2.24, 2.45) is 5.92 Å². The third-order valence-electron chi connectivity index (χ3n) is 4.74. The zero-order valence-corrected chi connectivity index (χ0v) is 14.9. The lowest BCUT2D eigenvalue weighted by Crippen LogP contribution is -2.25. The molecule has 0 bridgehead atoms. The first-order valence-electron chi connectivity index (χ1n) is 8.83. The Morgan fingerprint density at radius 1 is 1.33 bits per heavy atom. The minimum absolute atomic E-state index is 0.0933. The van der Waals surface area contributed by atoms with E-state index in [1.165, 1.54) is 16.7 Å². The SMILES string of the molecule is COCCc1noc(Cn2c(=O)n(CC3CC3)c3ccc(C(=O)O)cc32)n1. The van der Waals surface area contributed by atoms with Crippen molar-refractivity contribution >= 4 is 17.0 Å². The molecule has 0 atom stereocenters. The van der Waals surface area contributed by atoms with E-state index in [0.717, 1.165) is 18.4 Å². The van der Waals surface area contributed by atoms with Crippen molar-refractivity contribution < 1.29 is 19.2 Å². The molecule has 0 spiro atoms. The van der Waals surface area contributed by atoms with Gasteiger partial charge in [-0.3, -0.25) is 9.13 Å². The van der Waals surface area contributed by atoms with Gasteiger partial charge in [0, 0.05) is 20.1 Å². The lowest BCUT2D eigenvalue weighted by Gasteiger charge is -2.01. The van der Waals surface area contributed by atoms with Crippen LogP contribution < -0.4 is 5.69 Å². The third kappa shape index (κ3) is 3.50. The number of hydrogen-bond donors (Lipinski definition) is 1. The molecule has 1 N–H and O–H groups in total. The Labute approximate surface area is 154 Å². The second kappa shape index (κ2) is 6.99. The number of aromatic nitrogens is 4. The molecule has 1 saturated carbocycles. The molecule has 0 unspecified atom stereocenters. The number of methoxy groups -OCH3 is 1. The van der Waals surface area contributed by atoms with Crippen molar-refractivity contribution in [3.8, 4) is 0 Å². The Morgan fingerprint density at radius 3 is 2.85 bits per heavy atom. The molecule has 9 heteroatoms. The fourth-order valence-corrected chi connectivity index (χ4v) is 3.13. The molecular weight excluding hydrogens is 352 g/mol. The van der Waals surface area contributed by atoms with E-state index in [1.54, 1.807) is 17.7 Å². The predicted molar refractivity (Wildman–Crippen MR) is 94.9 cm³/mol. The molecule has 142 valence electrons. The minimum atomic E-state index is -1.04. The van der Waals surface area contributed by atoms with Gasteiger partial charge in [0.05, 0.1) is 23.2 Å². The molecule has 2 aromatic heterocycles. The van der Waals surface area contributed by atoms with Gasteiger partial charge in [-0.15, -0.1) is 0 Å². The second-order valence-electron chi connectivity index (χ2n) is 6.78. The lowest BCUT2D eigenvalue weighted by molar-refractivity contribution is 0.0697. The summed E-state index contributed by atoms with van der Waals surface area (Å²) in [6, 6.07) is 4.73. The number of fused-ring (bicyclic) bond motifs is 1. The number of hydrogen-bond acceptors (Lipinski definition) is 6. The van der Waals surface area contributed by atoms with Crippen molar-refractivity contribution in [1.82, 2.24) is 19.3 Å². The molecule has 27 heavy (non-hydrogen) atoms. The van der Waals surface area contributed by atoms with Gasteiger partial charge < -0.3 is 14.4 Å². The van der Waals surface area contributed by atoms with Gasteiger partial charge in [0.15, 0.2) is 5.82 Å². The summed E-state index contributed by atoms with van der Waals surface area (Å²) < 4.78 is 13.5. The molecule has 0 amide bonds. The Kier molecular flexibility index (Phi) is 4.53. The highest BCUT2D eigenvalue weighted by molar-refractivity contribution is 5.92. The Bertz CT molecular complexity index is 1040. The molecule has 3 aromatic rings. The van der Waals surface area contributed by atoms with E-state index in [-0.39, 0.29) is 17.8 Å². The standard InChI is InChI=1S/C18H20N4O5/c1-26-7-6-15-19-16(27-20-15)10-22-14-8-12(17(23)24)4-5-13(14)21(18(22)25)9-11-2-3-11/h4-5,8,11H,2-3,6-7,9-10H2,1H3,(H,23,24). The number of rotatable bonds is 8. The van der Waals surface area contributed by atoms with Gasteiger partial charge in [-0.1, -0.05) is 5.16 Å². The topological polar surface area (TPSA) is 112 Å². The molecule has 1 aliphatic rings. The minimum Gasteiger partial charge on any atom is -0.478 e. The summed E-state index contributed by atoms with van der Waals surface area (Å²) in [4.78, 5) is 28.6. The maximum atomic E-state index is 13.0. The van der Waals surface area contributed by atoms with Crippen LogP contribution in [0, 0.1) is 5.92 Å². The average molecular weight is 372 g/mol. The first kappa shape index (κ1) is 17.5. The first-order chi connectivity index (χ1) is 13.1. The highest BCUT2D eigenvalue weighted by atomic mass is 16.5. The number of carboxylic acids is 1. The number of aromatic carboxylic acids is 1. The summed E-state index contributed by atoms with van der Waals surface area (Å²) in [7, 11) is 1.59. The van der Waals surface area contributed by atoms with Gasteiger partial charge in [-0.05, 0) is 37.0 Å². The quantitative estimate of drug-likeness (QED) is 0.638. The van der Waals surface area contributed by atoms with Gasteiger partial charge in [0.1, 0.15) is 6.54 Å². The number of nitrogens with zero attached hydrogens (tertiary/aromatic N) is 4. The maximum Gasteiger partial charge on any atom is 0.335 e. The van der Waals surface area contributed by atoms with Crippen molar-refractivity contribution in [3.05, 3.63) is 46.0 Å². The van der Waals surface area contributed by atoms with E-state index in [2.05, 4.69) is 10.1 Å². The largest absolute Gasteiger partial charge is 0.478 e. The highest BCUT2D eigenvalue weighted by Crippen LogP contribution is 2.31. The predicted octanol–water partition coefficient (Wildman–Crippen LogP) is 1.53. The monoisotopic (exact) mass is 372 g/mol. The molecule has 1 fully saturated rings. The fourth-order valence-electron chi connectivity index (χ4n) is 3.13. The Balaban J connectivity index is 1.74. The van der Waals surface area contributed by atoms with E-state index in [4.69, 9.17) is 9.26 Å². The van der Waals surface area contributed by atoms with Gasteiger partial charge >= 0.3 is 11.7 Å². The van der Waals surface area contributed by atoms with Gasteiger partial charge in [-0.25, -0.2) is 9.59 Å². The first-order valence-corrected chi connectivity index (χ1v) is 8.83. The molecule has 4 rings (SSSR count). The Hall–Kier alpha value is -2.94. The van der Waals surface area contributed by atoms with Crippen LogP contribution in [0.2, 0.25) is 0 Å². The molecular formula is C18H20N4O5. The highest BCUT2D eigenvalue weighted by Gasteiger charge is 2.25. The van der Waals surface area contributed by atoms with Crippen LogP contribution in [-0.2, 0) is 24.2 Å². The smallest absolute Gasteiger partial charge is 0.335 e. The molecule has 1 aliphatic carbocycles. The molecule has 9 nitrogen and oxygen atoms in total. The van der Waals surface area contributed by atoms with Crippen molar-refractivity contribution in [2.75, 3.05) is 13.7 Å². The molecule has 0 radical (unpaired) electrons. The zero-order valence-electron chi connectivity index (χ0n) is 14.9. The number of ether oxygens (including phenoxy) is 1. The van der Waals surface area contributed by atoms with E-state index >= 15 is 0 Å². The van der Waals surface area contributed by atoms with Crippen LogP contribution in [0.25, 0.3) is 11.0 Å². The summed E-state index contributed by atoms with van der Waals surface area (Å²) in [5, 5.41) is 13.2. The number of carbonyl (C=O) groups is 1. The summed E-state index contributed by atoms with van der Waals surface area (Å²) >= 11 is 0. The van der Waals surface area contributed by atoms with Crippen LogP contribution in [0.4, 0.5) is 0 Å². The molecule has 0 saturated heterocycles.